The molecule has 0 fully saturated rings. The van der Waals surface area contributed by atoms with E-state index in [1.165, 1.54) is 0 Å². The standard InChI is InChI=1S/C14H17N3O3S/c1-3-20-13(18)4-5-15-14(19)11-6-10(7-16-11)12-8-21-9(2)17-12/h6-8,16H,3-5H2,1-2H3,(H,15,19). The van der Waals surface area contributed by atoms with Crippen molar-refractivity contribution in [2.45, 2.75) is 20.3 Å². The Morgan fingerprint density at radius 2 is 2.29 bits per heavy atom. The van der Waals surface area contributed by atoms with Crippen LogP contribution in [0.5, 0.6) is 0 Å². The summed E-state index contributed by atoms with van der Waals surface area (Å²) >= 11 is 1.56. The van der Waals surface area contributed by atoms with Crippen LogP contribution in [-0.4, -0.2) is 35.0 Å². The van der Waals surface area contributed by atoms with Gasteiger partial charge in [0.25, 0.3) is 5.91 Å². The third-order valence-corrected chi connectivity index (χ3v) is 3.54. The number of nitrogens with zero attached hydrogens (tertiary/aromatic N) is 1. The van der Waals surface area contributed by atoms with Crippen LogP contribution in [0, 0.1) is 6.92 Å². The minimum atomic E-state index is -0.317. The number of H-pyrrole nitrogens is 1. The van der Waals surface area contributed by atoms with Crippen molar-refractivity contribution in [3.8, 4) is 11.3 Å². The van der Waals surface area contributed by atoms with Crippen molar-refractivity contribution in [1.82, 2.24) is 15.3 Å². The average Bonchev–Trinajstić information content (AvgIpc) is 3.07. The topological polar surface area (TPSA) is 84.1 Å². The lowest BCUT2D eigenvalue weighted by atomic mass is 10.2. The Morgan fingerprint density at radius 1 is 1.48 bits per heavy atom. The van der Waals surface area contributed by atoms with Gasteiger partial charge in [-0.15, -0.1) is 11.3 Å². The highest BCUT2D eigenvalue weighted by atomic mass is 32.1. The van der Waals surface area contributed by atoms with Gasteiger partial charge in [0.1, 0.15) is 5.69 Å². The molecule has 0 aliphatic carbocycles. The van der Waals surface area contributed by atoms with Gasteiger partial charge in [0.2, 0.25) is 0 Å². The molecule has 0 aliphatic rings. The minimum absolute atomic E-state index is 0.165. The third kappa shape index (κ3) is 4.16. The van der Waals surface area contributed by atoms with Gasteiger partial charge in [0, 0.05) is 23.7 Å². The van der Waals surface area contributed by atoms with Crippen molar-refractivity contribution in [3.05, 3.63) is 28.3 Å². The monoisotopic (exact) mass is 307 g/mol. The highest BCUT2D eigenvalue weighted by Crippen LogP contribution is 2.22. The fourth-order valence-electron chi connectivity index (χ4n) is 1.78. The quantitative estimate of drug-likeness (QED) is 0.801. The zero-order chi connectivity index (χ0) is 15.2. The first-order chi connectivity index (χ1) is 10.1. The first-order valence-electron chi connectivity index (χ1n) is 6.65. The van der Waals surface area contributed by atoms with Crippen molar-refractivity contribution in [2.24, 2.45) is 0 Å². The molecule has 21 heavy (non-hydrogen) atoms. The van der Waals surface area contributed by atoms with Crippen LogP contribution in [0.4, 0.5) is 0 Å². The molecular formula is C14H17N3O3S. The molecule has 1 amide bonds. The van der Waals surface area contributed by atoms with Crippen LogP contribution in [-0.2, 0) is 9.53 Å². The van der Waals surface area contributed by atoms with Gasteiger partial charge in [-0.1, -0.05) is 0 Å². The molecule has 6 nitrogen and oxygen atoms in total. The third-order valence-electron chi connectivity index (χ3n) is 2.76. The van der Waals surface area contributed by atoms with Crippen molar-refractivity contribution in [3.63, 3.8) is 0 Å². The smallest absolute Gasteiger partial charge is 0.307 e. The van der Waals surface area contributed by atoms with Crippen LogP contribution in [0.2, 0.25) is 0 Å². The van der Waals surface area contributed by atoms with Crippen molar-refractivity contribution in [1.29, 1.82) is 0 Å². The van der Waals surface area contributed by atoms with Crippen LogP contribution in [0.3, 0.4) is 0 Å². The second-order valence-electron chi connectivity index (χ2n) is 4.36. The van der Waals surface area contributed by atoms with Gasteiger partial charge in [-0.2, -0.15) is 0 Å². The number of amides is 1. The van der Waals surface area contributed by atoms with Gasteiger partial charge in [-0.3, -0.25) is 9.59 Å². The zero-order valence-corrected chi connectivity index (χ0v) is 12.8. The molecule has 2 heterocycles. The summed E-state index contributed by atoms with van der Waals surface area (Å²) in [6.07, 6.45) is 1.91. The summed E-state index contributed by atoms with van der Waals surface area (Å²) in [6.45, 7) is 4.28. The molecule has 0 aromatic carbocycles. The van der Waals surface area contributed by atoms with Gasteiger partial charge in [0.15, 0.2) is 0 Å². The second kappa shape index (κ2) is 7.03. The van der Waals surface area contributed by atoms with Crippen LogP contribution >= 0.6 is 11.3 Å². The number of hydrogen-bond donors (Lipinski definition) is 2. The predicted molar refractivity (Wildman–Crippen MR) is 80.2 cm³/mol. The molecule has 0 spiro atoms. The largest absolute Gasteiger partial charge is 0.466 e. The summed E-state index contributed by atoms with van der Waals surface area (Å²) in [5.74, 6) is -0.569. The van der Waals surface area contributed by atoms with Crippen LogP contribution in [0.25, 0.3) is 11.3 Å². The average molecular weight is 307 g/mol. The molecule has 2 rings (SSSR count). The predicted octanol–water partition coefficient (Wildman–Crippen LogP) is 2.13. The Balaban J connectivity index is 1.89. The van der Waals surface area contributed by atoms with E-state index >= 15 is 0 Å². The molecule has 2 N–H and O–H groups in total. The first kappa shape index (κ1) is 15.2. The lowest BCUT2D eigenvalue weighted by Crippen LogP contribution is -2.26. The number of esters is 1. The van der Waals surface area contributed by atoms with Crippen molar-refractivity contribution >= 4 is 23.2 Å². The van der Waals surface area contributed by atoms with Gasteiger partial charge < -0.3 is 15.0 Å². The van der Waals surface area contributed by atoms with Gasteiger partial charge >= 0.3 is 5.97 Å². The maximum Gasteiger partial charge on any atom is 0.307 e. The first-order valence-corrected chi connectivity index (χ1v) is 7.53. The van der Waals surface area contributed by atoms with E-state index in [0.717, 1.165) is 16.3 Å². The van der Waals surface area contributed by atoms with E-state index in [1.807, 2.05) is 12.3 Å². The second-order valence-corrected chi connectivity index (χ2v) is 5.43. The molecule has 2 aromatic heterocycles. The molecule has 0 atom stereocenters. The Bertz CT molecular complexity index is 633. The van der Waals surface area contributed by atoms with E-state index in [9.17, 15) is 9.59 Å². The molecule has 112 valence electrons. The molecule has 7 heteroatoms. The van der Waals surface area contributed by atoms with Crippen molar-refractivity contribution < 1.29 is 14.3 Å². The summed E-state index contributed by atoms with van der Waals surface area (Å²) in [5.41, 5.74) is 2.16. The summed E-state index contributed by atoms with van der Waals surface area (Å²) in [7, 11) is 0. The summed E-state index contributed by atoms with van der Waals surface area (Å²) in [6, 6.07) is 1.74. The van der Waals surface area contributed by atoms with Gasteiger partial charge in [-0.05, 0) is 19.9 Å². The van der Waals surface area contributed by atoms with E-state index in [2.05, 4.69) is 15.3 Å². The van der Waals surface area contributed by atoms with Crippen molar-refractivity contribution in [2.75, 3.05) is 13.2 Å². The Hall–Kier alpha value is -2.15. The fourth-order valence-corrected chi connectivity index (χ4v) is 2.40. The van der Waals surface area contributed by atoms with E-state index in [4.69, 9.17) is 4.74 Å². The molecule has 0 aliphatic heterocycles. The zero-order valence-electron chi connectivity index (χ0n) is 11.9. The number of rotatable bonds is 6. The Morgan fingerprint density at radius 3 is 2.95 bits per heavy atom. The molecule has 0 saturated heterocycles. The lowest BCUT2D eigenvalue weighted by molar-refractivity contribution is -0.142. The number of thiazole rings is 1. The van der Waals surface area contributed by atoms with Crippen LogP contribution in [0.15, 0.2) is 17.6 Å². The number of carbonyl (C=O) groups excluding carboxylic acids is 2. The molecule has 0 saturated carbocycles. The fraction of sp³-hybridized carbons (Fsp3) is 0.357. The van der Waals surface area contributed by atoms with Gasteiger partial charge in [0.05, 0.1) is 23.7 Å². The number of aromatic nitrogens is 2. The number of hydrogen-bond acceptors (Lipinski definition) is 5. The highest BCUT2D eigenvalue weighted by molar-refractivity contribution is 7.09. The summed E-state index contributed by atoms with van der Waals surface area (Å²) in [5, 5.41) is 5.59. The highest BCUT2D eigenvalue weighted by Gasteiger charge is 2.11. The van der Waals surface area contributed by atoms with Gasteiger partial charge in [-0.25, -0.2) is 4.98 Å². The molecule has 0 radical (unpaired) electrons. The van der Waals surface area contributed by atoms with Crippen LogP contribution < -0.4 is 5.32 Å². The molecule has 2 aromatic rings. The molecule has 0 bridgehead atoms. The van der Waals surface area contributed by atoms with E-state index in [-0.39, 0.29) is 24.8 Å². The summed E-state index contributed by atoms with van der Waals surface area (Å²) < 4.78 is 4.79. The van der Waals surface area contributed by atoms with Crippen LogP contribution in [0.1, 0.15) is 28.8 Å². The molecular weight excluding hydrogens is 290 g/mol. The normalized spacial score (nSPS) is 10.4. The maximum atomic E-state index is 11.9. The van der Waals surface area contributed by atoms with E-state index in [1.54, 1.807) is 30.5 Å². The Kier molecular flexibility index (Phi) is 5.10. The molecule has 0 unspecified atom stereocenters. The number of ether oxygens (including phenoxy) is 1. The number of nitrogens with one attached hydrogen (secondary N) is 2. The minimum Gasteiger partial charge on any atom is -0.466 e. The maximum absolute atomic E-state index is 11.9. The number of aromatic amines is 1. The summed E-state index contributed by atoms with van der Waals surface area (Å²) in [4.78, 5) is 30.4. The number of carbonyl (C=O) groups is 2. The lowest BCUT2D eigenvalue weighted by Gasteiger charge is -2.03. The van der Waals surface area contributed by atoms with E-state index < -0.39 is 0 Å². The Labute approximate surface area is 126 Å². The SMILES string of the molecule is CCOC(=O)CCNC(=O)c1cc(-c2csc(C)n2)c[nH]1. The number of aryl methyl sites for hydroxylation is 1. The van der Waals surface area contributed by atoms with E-state index in [0.29, 0.717) is 12.3 Å².